The van der Waals surface area contributed by atoms with E-state index in [2.05, 4.69) is 15.2 Å². The number of aliphatic imine (C=N–C) groups is 1. The van der Waals surface area contributed by atoms with Crippen molar-refractivity contribution >= 4 is 29.3 Å². The number of H-pyrrole nitrogens is 1. The second-order valence-electron chi connectivity index (χ2n) is 4.91. The van der Waals surface area contributed by atoms with Crippen molar-refractivity contribution in [3.05, 3.63) is 10.7 Å². The van der Waals surface area contributed by atoms with Crippen molar-refractivity contribution < 1.29 is 4.79 Å². The second kappa shape index (κ2) is 3.01. The van der Waals surface area contributed by atoms with Crippen LogP contribution in [0.3, 0.4) is 0 Å². The molecule has 2 aliphatic heterocycles. The lowest BCUT2D eigenvalue weighted by molar-refractivity contribution is 0.0866. The molecule has 0 aliphatic carbocycles. The number of carbonyl (C=O) groups is 1. The van der Waals surface area contributed by atoms with Gasteiger partial charge >= 0.3 is 0 Å². The average molecular weight is 254 g/mol. The van der Waals surface area contributed by atoms with Gasteiger partial charge in [-0.15, -0.1) is 0 Å². The Bertz CT molecular complexity index is 547. The van der Waals surface area contributed by atoms with Crippen molar-refractivity contribution in [3.8, 4) is 0 Å². The number of nitrogens with zero attached hydrogens (tertiary/aromatic N) is 4. The first kappa shape index (κ1) is 10.6. The Morgan fingerprint density at radius 1 is 1.47 bits per heavy atom. The molecule has 0 saturated carbocycles. The number of aromatic amines is 1. The van der Waals surface area contributed by atoms with Gasteiger partial charge in [0.1, 0.15) is 10.7 Å². The first-order valence-electron chi connectivity index (χ1n) is 5.30. The molecule has 1 N–H and O–H groups in total. The van der Waals surface area contributed by atoms with Crippen molar-refractivity contribution in [3.63, 3.8) is 0 Å². The molecular formula is C10H12ClN5O. The fraction of sp³-hybridized carbons (Fsp3) is 0.500. The van der Waals surface area contributed by atoms with Crippen LogP contribution in [0.1, 0.15) is 24.2 Å². The predicted molar refractivity (Wildman–Crippen MR) is 64.6 cm³/mol. The minimum atomic E-state index is -0.225. The molecular weight excluding hydrogens is 242 g/mol. The van der Waals surface area contributed by atoms with Gasteiger partial charge in [0.15, 0.2) is 5.82 Å². The lowest BCUT2D eigenvalue weighted by Crippen LogP contribution is -2.48. The van der Waals surface area contributed by atoms with Gasteiger partial charge in [0.2, 0.25) is 5.96 Å². The Balaban J connectivity index is 2.20. The molecule has 6 nitrogen and oxygen atoms in total. The Hall–Kier alpha value is -1.56. The quantitative estimate of drug-likeness (QED) is 0.753. The van der Waals surface area contributed by atoms with Gasteiger partial charge in [-0.25, -0.2) is 4.99 Å². The van der Waals surface area contributed by atoms with Crippen LogP contribution in [-0.2, 0) is 0 Å². The molecule has 1 amide bonds. The van der Waals surface area contributed by atoms with Crippen LogP contribution in [-0.4, -0.2) is 46.1 Å². The molecule has 0 fully saturated rings. The molecule has 3 heterocycles. The number of guanidine groups is 1. The van der Waals surface area contributed by atoms with E-state index in [4.69, 9.17) is 11.6 Å². The highest BCUT2D eigenvalue weighted by molar-refractivity contribution is 6.35. The molecule has 90 valence electrons. The Morgan fingerprint density at radius 2 is 2.18 bits per heavy atom. The first-order chi connectivity index (χ1) is 7.91. The van der Waals surface area contributed by atoms with Crippen molar-refractivity contribution in [1.29, 1.82) is 0 Å². The summed E-state index contributed by atoms with van der Waals surface area (Å²) in [5.74, 6) is 1.03. The maximum Gasteiger partial charge on any atom is 0.267 e. The van der Waals surface area contributed by atoms with Crippen LogP contribution in [0.2, 0.25) is 5.15 Å². The zero-order valence-corrected chi connectivity index (χ0v) is 10.5. The van der Waals surface area contributed by atoms with Crippen LogP contribution in [0.5, 0.6) is 0 Å². The summed E-state index contributed by atoms with van der Waals surface area (Å²) in [4.78, 5) is 20.1. The Kier molecular flexibility index (Phi) is 1.87. The van der Waals surface area contributed by atoms with Gasteiger partial charge in [-0.1, -0.05) is 11.6 Å². The van der Waals surface area contributed by atoms with Crippen LogP contribution in [0, 0.1) is 0 Å². The van der Waals surface area contributed by atoms with E-state index in [-0.39, 0.29) is 16.6 Å². The zero-order chi connectivity index (χ0) is 12.4. The molecule has 3 rings (SSSR count). The molecule has 1 aromatic heterocycles. The minimum Gasteiger partial charge on any atom is -0.292 e. The highest BCUT2D eigenvalue weighted by Gasteiger charge is 2.43. The summed E-state index contributed by atoms with van der Waals surface area (Å²) >= 11 is 5.95. The number of anilines is 1. The van der Waals surface area contributed by atoms with Gasteiger partial charge in [-0.3, -0.25) is 19.7 Å². The summed E-state index contributed by atoms with van der Waals surface area (Å²) in [5, 5.41) is 7.01. The number of hydrogen-bond acceptors (Lipinski definition) is 4. The van der Waals surface area contributed by atoms with E-state index in [1.54, 1.807) is 7.05 Å². The summed E-state index contributed by atoms with van der Waals surface area (Å²) < 4.78 is 0. The predicted octanol–water partition coefficient (Wildman–Crippen LogP) is 1.10. The number of halogens is 1. The average Bonchev–Trinajstić information content (AvgIpc) is 2.75. The summed E-state index contributed by atoms with van der Waals surface area (Å²) in [7, 11) is 1.70. The lowest BCUT2D eigenvalue weighted by atomic mass is 10.1. The lowest BCUT2D eigenvalue weighted by Gasteiger charge is -2.30. The standard InChI is InChI=1S/C10H12ClN5O/c1-10(2)4-16-7-5(6(11)13-14-7)8(17)15(3)9(16)12-10/h4H2,1-3H3,(H,13,14). The van der Waals surface area contributed by atoms with E-state index >= 15 is 0 Å². The van der Waals surface area contributed by atoms with Gasteiger partial charge < -0.3 is 0 Å². The maximum atomic E-state index is 12.1. The summed E-state index contributed by atoms with van der Waals surface area (Å²) in [6.07, 6.45) is 0. The van der Waals surface area contributed by atoms with Gasteiger partial charge in [-0.05, 0) is 13.8 Å². The molecule has 0 unspecified atom stereocenters. The SMILES string of the molecule is CN1C(=O)c2c(n[nH]c2Cl)N2CC(C)(C)N=C12. The Morgan fingerprint density at radius 3 is 2.88 bits per heavy atom. The van der Waals surface area contributed by atoms with Crippen LogP contribution in [0.25, 0.3) is 0 Å². The minimum absolute atomic E-state index is 0.175. The zero-order valence-electron chi connectivity index (χ0n) is 9.78. The highest BCUT2D eigenvalue weighted by atomic mass is 35.5. The van der Waals surface area contributed by atoms with E-state index in [0.29, 0.717) is 23.9 Å². The molecule has 0 radical (unpaired) electrons. The summed E-state index contributed by atoms with van der Waals surface area (Å²) in [6.45, 7) is 4.73. The largest absolute Gasteiger partial charge is 0.292 e. The molecule has 0 aromatic carbocycles. The maximum absolute atomic E-state index is 12.1. The molecule has 0 bridgehead atoms. The number of amides is 1. The van der Waals surface area contributed by atoms with Crippen molar-refractivity contribution in [2.24, 2.45) is 4.99 Å². The number of fused-ring (bicyclic) bond motifs is 3. The van der Waals surface area contributed by atoms with Crippen LogP contribution < -0.4 is 4.90 Å². The fourth-order valence-corrected chi connectivity index (χ4v) is 2.41. The normalized spacial score (nSPS) is 21.4. The highest BCUT2D eigenvalue weighted by Crippen LogP contribution is 2.35. The van der Waals surface area contributed by atoms with Crippen molar-refractivity contribution in [2.75, 3.05) is 18.5 Å². The van der Waals surface area contributed by atoms with Gasteiger partial charge in [0.25, 0.3) is 5.91 Å². The second-order valence-corrected chi connectivity index (χ2v) is 5.29. The molecule has 2 aliphatic rings. The van der Waals surface area contributed by atoms with E-state index in [9.17, 15) is 4.79 Å². The number of nitrogens with one attached hydrogen (secondary N) is 1. The molecule has 1 aromatic rings. The third-order valence-electron chi connectivity index (χ3n) is 2.97. The number of rotatable bonds is 0. The van der Waals surface area contributed by atoms with Crippen LogP contribution in [0.15, 0.2) is 4.99 Å². The molecule has 0 spiro atoms. The van der Waals surface area contributed by atoms with E-state index in [0.717, 1.165) is 0 Å². The number of hydrogen-bond donors (Lipinski definition) is 1. The molecule has 7 heteroatoms. The van der Waals surface area contributed by atoms with Gasteiger partial charge in [-0.2, -0.15) is 5.10 Å². The topological polar surface area (TPSA) is 64.6 Å². The van der Waals surface area contributed by atoms with E-state index in [1.165, 1.54) is 4.90 Å². The fourth-order valence-electron chi connectivity index (χ4n) is 2.21. The molecule has 0 atom stereocenters. The van der Waals surface area contributed by atoms with Crippen LogP contribution in [0.4, 0.5) is 5.82 Å². The third kappa shape index (κ3) is 1.30. The summed E-state index contributed by atoms with van der Waals surface area (Å²) in [5.41, 5.74) is 0.197. The number of aromatic nitrogens is 2. The summed E-state index contributed by atoms with van der Waals surface area (Å²) in [6, 6.07) is 0. The Labute approximate surface area is 103 Å². The van der Waals surface area contributed by atoms with Crippen molar-refractivity contribution in [1.82, 2.24) is 15.1 Å². The third-order valence-corrected chi connectivity index (χ3v) is 3.24. The van der Waals surface area contributed by atoms with Crippen molar-refractivity contribution in [2.45, 2.75) is 19.4 Å². The van der Waals surface area contributed by atoms with Crippen LogP contribution >= 0.6 is 11.6 Å². The smallest absolute Gasteiger partial charge is 0.267 e. The van der Waals surface area contributed by atoms with E-state index in [1.807, 2.05) is 18.7 Å². The van der Waals surface area contributed by atoms with Gasteiger partial charge in [0, 0.05) is 7.05 Å². The monoisotopic (exact) mass is 253 g/mol. The molecule has 0 saturated heterocycles. The molecule has 17 heavy (non-hydrogen) atoms. The van der Waals surface area contributed by atoms with Gasteiger partial charge in [0.05, 0.1) is 12.1 Å². The number of carbonyl (C=O) groups excluding carboxylic acids is 1. The first-order valence-corrected chi connectivity index (χ1v) is 5.68. The van der Waals surface area contributed by atoms with E-state index < -0.39 is 0 Å².